The van der Waals surface area contributed by atoms with Gasteiger partial charge in [-0.05, 0) is 44.4 Å². The summed E-state index contributed by atoms with van der Waals surface area (Å²) < 4.78 is 29.2. The second-order valence-corrected chi connectivity index (χ2v) is 8.33. The minimum Gasteiger partial charge on any atom is -0.346 e. The van der Waals surface area contributed by atoms with Crippen molar-refractivity contribution in [2.75, 3.05) is 13.1 Å². The van der Waals surface area contributed by atoms with Gasteiger partial charge < -0.3 is 4.57 Å². The van der Waals surface area contributed by atoms with Gasteiger partial charge in [0.2, 0.25) is 10.0 Å². The lowest BCUT2D eigenvalue weighted by Gasteiger charge is -2.33. The molecule has 0 radical (unpaired) electrons. The molecule has 0 N–H and O–H groups in total. The summed E-state index contributed by atoms with van der Waals surface area (Å²) in [5, 5.41) is 0. The molecule has 1 aliphatic heterocycles. The zero-order valence-electron chi connectivity index (χ0n) is 13.8. The third kappa shape index (κ3) is 3.51. The molecule has 0 bridgehead atoms. The van der Waals surface area contributed by atoms with Crippen molar-refractivity contribution < 1.29 is 8.42 Å². The van der Waals surface area contributed by atoms with E-state index < -0.39 is 10.0 Å². The van der Waals surface area contributed by atoms with Gasteiger partial charge in [0.1, 0.15) is 0 Å². The highest BCUT2D eigenvalue weighted by Gasteiger charge is 2.29. The SMILES string of the molecule is Cc1ccc(C)n1C1CCN(S(=O)(=O)Cc2ccccc2)CC1. The lowest BCUT2D eigenvalue weighted by Crippen LogP contribution is -2.39. The molecule has 1 aromatic carbocycles. The Kier molecular flexibility index (Phi) is 4.60. The molecule has 1 aromatic heterocycles. The minimum atomic E-state index is -3.22. The number of benzene rings is 1. The summed E-state index contributed by atoms with van der Waals surface area (Å²) in [5.74, 6) is 0.0973. The maximum absolute atomic E-state index is 12.6. The van der Waals surface area contributed by atoms with E-state index in [1.807, 2.05) is 30.3 Å². The van der Waals surface area contributed by atoms with Crippen LogP contribution in [-0.4, -0.2) is 30.4 Å². The normalized spacial score (nSPS) is 17.5. The van der Waals surface area contributed by atoms with Crippen molar-refractivity contribution in [1.82, 2.24) is 8.87 Å². The Bertz CT molecular complexity index is 738. The van der Waals surface area contributed by atoms with Crippen LogP contribution in [0.25, 0.3) is 0 Å². The van der Waals surface area contributed by atoms with Gasteiger partial charge in [-0.3, -0.25) is 0 Å². The average Bonchev–Trinajstić information content (AvgIpc) is 2.87. The minimum absolute atomic E-state index is 0.0973. The van der Waals surface area contributed by atoms with Crippen LogP contribution in [0.15, 0.2) is 42.5 Å². The first-order valence-corrected chi connectivity index (χ1v) is 9.74. The summed E-state index contributed by atoms with van der Waals surface area (Å²) in [7, 11) is -3.22. The van der Waals surface area contributed by atoms with E-state index in [0.29, 0.717) is 19.1 Å². The van der Waals surface area contributed by atoms with Crippen LogP contribution in [0.2, 0.25) is 0 Å². The number of hydrogen-bond acceptors (Lipinski definition) is 2. The van der Waals surface area contributed by atoms with Crippen LogP contribution >= 0.6 is 0 Å². The molecule has 0 saturated carbocycles. The second kappa shape index (κ2) is 6.49. The Labute approximate surface area is 138 Å². The number of aryl methyl sites for hydroxylation is 2. The van der Waals surface area contributed by atoms with Crippen molar-refractivity contribution in [3.8, 4) is 0 Å². The zero-order valence-corrected chi connectivity index (χ0v) is 14.6. The summed E-state index contributed by atoms with van der Waals surface area (Å²) in [6, 6.07) is 14.1. The lowest BCUT2D eigenvalue weighted by atomic mass is 10.1. The van der Waals surface area contributed by atoms with E-state index in [1.54, 1.807) is 4.31 Å². The number of hydrogen-bond donors (Lipinski definition) is 0. The predicted octanol–water partition coefficient (Wildman–Crippen LogP) is 3.27. The zero-order chi connectivity index (χ0) is 16.4. The van der Waals surface area contributed by atoms with Crippen LogP contribution in [0, 0.1) is 13.8 Å². The Morgan fingerprint density at radius 2 is 1.52 bits per heavy atom. The maximum atomic E-state index is 12.6. The van der Waals surface area contributed by atoms with E-state index in [9.17, 15) is 8.42 Å². The van der Waals surface area contributed by atoms with Gasteiger partial charge in [0, 0.05) is 30.5 Å². The molecule has 0 amide bonds. The third-order valence-electron chi connectivity index (χ3n) is 4.70. The number of nitrogens with zero attached hydrogens (tertiary/aromatic N) is 2. The predicted molar refractivity (Wildman–Crippen MR) is 92.8 cm³/mol. The summed E-state index contributed by atoms with van der Waals surface area (Å²) in [4.78, 5) is 0. The molecule has 0 unspecified atom stereocenters. The van der Waals surface area contributed by atoms with E-state index in [4.69, 9.17) is 0 Å². The summed E-state index contributed by atoms with van der Waals surface area (Å²) >= 11 is 0. The first-order chi connectivity index (χ1) is 11.0. The van der Waals surface area contributed by atoms with Gasteiger partial charge in [0.15, 0.2) is 0 Å². The fourth-order valence-corrected chi connectivity index (χ4v) is 5.07. The van der Waals surface area contributed by atoms with Crippen molar-refractivity contribution in [3.05, 3.63) is 59.4 Å². The number of rotatable bonds is 4. The average molecular weight is 332 g/mol. The first-order valence-electron chi connectivity index (χ1n) is 8.13. The van der Waals surface area contributed by atoms with Gasteiger partial charge in [-0.15, -0.1) is 0 Å². The fourth-order valence-electron chi connectivity index (χ4n) is 3.51. The van der Waals surface area contributed by atoms with Crippen molar-refractivity contribution in [2.24, 2.45) is 0 Å². The molecule has 0 spiro atoms. The summed E-state index contributed by atoms with van der Waals surface area (Å²) in [6.45, 7) is 5.45. The van der Waals surface area contributed by atoms with Crippen LogP contribution in [0.4, 0.5) is 0 Å². The quantitative estimate of drug-likeness (QED) is 0.862. The van der Waals surface area contributed by atoms with Gasteiger partial charge in [-0.25, -0.2) is 12.7 Å². The van der Waals surface area contributed by atoms with Crippen LogP contribution in [0.3, 0.4) is 0 Å². The Morgan fingerprint density at radius 1 is 0.957 bits per heavy atom. The van der Waals surface area contributed by atoms with E-state index in [0.717, 1.165) is 18.4 Å². The van der Waals surface area contributed by atoms with Crippen LogP contribution in [0.1, 0.15) is 35.8 Å². The molecule has 2 heterocycles. The molecule has 0 atom stereocenters. The van der Waals surface area contributed by atoms with Gasteiger partial charge in [-0.2, -0.15) is 0 Å². The van der Waals surface area contributed by atoms with Crippen molar-refractivity contribution in [1.29, 1.82) is 0 Å². The van der Waals surface area contributed by atoms with Crippen LogP contribution in [0.5, 0.6) is 0 Å². The number of sulfonamides is 1. The highest BCUT2D eigenvalue weighted by atomic mass is 32.2. The molecule has 4 nitrogen and oxygen atoms in total. The highest BCUT2D eigenvalue weighted by molar-refractivity contribution is 7.88. The maximum Gasteiger partial charge on any atom is 0.218 e. The molecule has 5 heteroatoms. The standard InChI is InChI=1S/C18H24N2O2S/c1-15-8-9-16(2)20(15)18-10-12-19(13-11-18)23(21,22)14-17-6-4-3-5-7-17/h3-9,18H,10-14H2,1-2H3. The Balaban J connectivity index is 1.67. The largest absolute Gasteiger partial charge is 0.346 e. The monoisotopic (exact) mass is 332 g/mol. The van der Waals surface area contributed by atoms with Gasteiger partial charge in [-0.1, -0.05) is 30.3 Å². The molecule has 1 saturated heterocycles. The molecule has 2 aromatic rings. The Morgan fingerprint density at radius 3 is 2.09 bits per heavy atom. The van der Waals surface area contributed by atoms with E-state index in [1.165, 1.54) is 11.4 Å². The van der Waals surface area contributed by atoms with Gasteiger partial charge >= 0.3 is 0 Å². The molecule has 1 fully saturated rings. The second-order valence-electron chi connectivity index (χ2n) is 6.36. The van der Waals surface area contributed by atoms with Crippen molar-refractivity contribution >= 4 is 10.0 Å². The summed E-state index contributed by atoms with van der Waals surface area (Å²) in [5.41, 5.74) is 3.37. The molecule has 0 aliphatic carbocycles. The summed E-state index contributed by atoms with van der Waals surface area (Å²) in [6.07, 6.45) is 1.76. The molecular weight excluding hydrogens is 308 g/mol. The molecule has 23 heavy (non-hydrogen) atoms. The van der Waals surface area contributed by atoms with E-state index in [-0.39, 0.29) is 5.75 Å². The van der Waals surface area contributed by atoms with Crippen LogP contribution in [-0.2, 0) is 15.8 Å². The Hall–Kier alpha value is -1.59. The van der Waals surface area contributed by atoms with Gasteiger partial charge in [0.25, 0.3) is 0 Å². The first kappa shape index (κ1) is 16.3. The fraction of sp³-hybridized carbons (Fsp3) is 0.444. The highest BCUT2D eigenvalue weighted by Crippen LogP contribution is 2.28. The van der Waals surface area contributed by atoms with E-state index >= 15 is 0 Å². The molecule has 124 valence electrons. The third-order valence-corrected chi connectivity index (χ3v) is 6.55. The van der Waals surface area contributed by atoms with Crippen molar-refractivity contribution in [3.63, 3.8) is 0 Å². The molecular formula is C18H24N2O2S. The lowest BCUT2D eigenvalue weighted by molar-refractivity contribution is 0.270. The topological polar surface area (TPSA) is 42.3 Å². The molecule has 1 aliphatic rings. The number of piperidine rings is 1. The molecule has 3 rings (SSSR count). The van der Waals surface area contributed by atoms with E-state index in [2.05, 4.69) is 30.5 Å². The van der Waals surface area contributed by atoms with Gasteiger partial charge in [0.05, 0.1) is 5.75 Å². The van der Waals surface area contributed by atoms with Crippen LogP contribution < -0.4 is 0 Å². The smallest absolute Gasteiger partial charge is 0.218 e. The van der Waals surface area contributed by atoms with Crippen molar-refractivity contribution in [2.45, 2.75) is 38.5 Å². The number of aromatic nitrogens is 1.